The third-order valence-electron chi connectivity index (χ3n) is 2.84. The van der Waals surface area contributed by atoms with Crippen LogP contribution < -0.4 is 5.32 Å². The number of hydrogen-bond acceptors (Lipinski definition) is 3. The third kappa shape index (κ3) is 3.22. The lowest BCUT2D eigenvalue weighted by Crippen LogP contribution is -2.35. The van der Waals surface area contributed by atoms with Crippen molar-refractivity contribution in [1.82, 2.24) is 14.9 Å². The van der Waals surface area contributed by atoms with Crippen molar-refractivity contribution < 1.29 is 4.39 Å². The number of benzene rings is 1. The fraction of sp³-hybridized carbons (Fsp3) is 0.333. The van der Waals surface area contributed by atoms with Crippen LogP contribution in [0.3, 0.4) is 0 Å². The summed E-state index contributed by atoms with van der Waals surface area (Å²) >= 11 is 0. The molecule has 20 heavy (non-hydrogen) atoms. The first-order chi connectivity index (χ1) is 9.40. The molecule has 0 amide bonds. The summed E-state index contributed by atoms with van der Waals surface area (Å²) in [5.41, 5.74) is 1.17. The van der Waals surface area contributed by atoms with Gasteiger partial charge in [-0.2, -0.15) is 5.26 Å². The fourth-order valence-electron chi connectivity index (χ4n) is 1.80. The highest BCUT2D eigenvalue weighted by molar-refractivity contribution is 5.39. The molecule has 104 valence electrons. The van der Waals surface area contributed by atoms with Gasteiger partial charge in [0.05, 0.1) is 5.69 Å². The summed E-state index contributed by atoms with van der Waals surface area (Å²) in [6.45, 7) is 6.77. The smallest absolute Gasteiger partial charge is 0.217 e. The average molecular weight is 272 g/mol. The highest BCUT2D eigenvalue weighted by Gasteiger charge is 2.12. The quantitative estimate of drug-likeness (QED) is 0.934. The lowest BCUT2D eigenvalue weighted by atomic mass is 10.1. The molecule has 0 bridgehead atoms. The number of halogens is 1. The molecule has 4 nitrogen and oxygen atoms in total. The summed E-state index contributed by atoms with van der Waals surface area (Å²) in [7, 11) is 0. The van der Waals surface area contributed by atoms with E-state index in [0.717, 1.165) is 5.56 Å². The van der Waals surface area contributed by atoms with E-state index in [1.807, 2.05) is 12.1 Å². The number of hydrogen-bond donors (Lipinski definition) is 1. The van der Waals surface area contributed by atoms with Crippen molar-refractivity contribution in [3.63, 3.8) is 0 Å². The van der Waals surface area contributed by atoms with Gasteiger partial charge in [-0.05, 0) is 38.5 Å². The van der Waals surface area contributed by atoms with E-state index in [1.54, 1.807) is 12.3 Å². The first-order valence-electron chi connectivity index (χ1n) is 6.38. The van der Waals surface area contributed by atoms with E-state index in [1.165, 1.54) is 16.8 Å². The summed E-state index contributed by atoms with van der Waals surface area (Å²) < 4.78 is 15.6. The average Bonchev–Trinajstić information content (AvgIpc) is 2.83. The molecule has 1 aromatic carbocycles. The number of aromatic nitrogens is 2. The summed E-state index contributed by atoms with van der Waals surface area (Å²) in [5.74, 6) is -0.197. The van der Waals surface area contributed by atoms with Crippen LogP contribution >= 0.6 is 0 Å². The van der Waals surface area contributed by atoms with Crippen molar-refractivity contribution in [3.8, 4) is 11.8 Å². The zero-order valence-electron chi connectivity index (χ0n) is 11.8. The lowest BCUT2D eigenvalue weighted by Gasteiger charge is -2.20. The molecule has 1 aromatic heterocycles. The Morgan fingerprint density at radius 2 is 2.15 bits per heavy atom. The number of nitrogens with one attached hydrogen (secondary N) is 1. The Morgan fingerprint density at radius 1 is 1.40 bits per heavy atom. The third-order valence-corrected chi connectivity index (χ3v) is 2.84. The predicted octanol–water partition coefficient (Wildman–Crippen LogP) is 2.77. The second kappa shape index (κ2) is 5.43. The van der Waals surface area contributed by atoms with Crippen molar-refractivity contribution in [2.24, 2.45) is 0 Å². The Bertz CT molecular complexity index is 647. The second-order valence-corrected chi connectivity index (χ2v) is 5.62. The minimum atomic E-state index is -0.368. The van der Waals surface area contributed by atoms with Crippen LogP contribution in [0.25, 0.3) is 5.69 Å². The molecule has 0 spiro atoms. The minimum Gasteiger partial charge on any atom is -0.308 e. The van der Waals surface area contributed by atoms with Gasteiger partial charge in [-0.25, -0.2) is 9.37 Å². The maximum absolute atomic E-state index is 14.2. The van der Waals surface area contributed by atoms with E-state index >= 15 is 0 Å². The number of nitrogens with zero attached hydrogens (tertiary/aromatic N) is 3. The highest BCUT2D eigenvalue weighted by atomic mass is 19.1. The Labute approximate surface area is 117 Å². The van der Waals surface area contributed by atoms with Gasteiger partial charge >= 0.3 is 0 Å². The van der Waals surface area contributed by atoms with Gasteiger partial charge in [-0.15, -0.1) is 0 Å². The van der Waals surface area contributed by atoms with Crippen LogP contribution in [0.1, 0.15) is 32.2 Å². The SMILES string of the molecule is CC(C)(C)NCc1ccc(-n2ccnc2C#N)c(F)c1. The van der Waals surface area contributed by atoms with Crippen LogP contribution in [-0.2, 0) is 6.54 Å². The first kappa shape index (κ1) is 14.2. The number of nitriles is 1. The van der Waals surface area contributed by atoms with Crippen LogP contribution in [0.2, 0.25) is 0 Å². The zero-order chi connectivity index (χ0) is 14.8. The van der Waals surface area contributed by atoms with E-state index in [0.29, 0.717) is 12.2 Å². The minimum absolute atomic E-state index is 0.0204. The van der Waals surface area contributed by atoms with Crippen LogP contribution in [0.4, 0.5) is 4.39 Å². The molecule has 1 N–H and O–H groups in total. The summed E-state index contributed by atoms with van der Waals surface area (Å²) in [4.78, 5) is 3.87. The topological polar surface area (TPSA) is 53.6 Å². The highest BCUT2D eigenvalue weighted by Crippen LogP contribution is 2.17. The van der Waals surface area contributed by atoms with Gasteiger partial charge in [-0.1, -0.05) is 6.07 Å². The Balaban J connectivity index is 2.25. The maximum Gasteiger partial charge on any atom is 0.217 e. The predicted molar refractivity (Wildman–Crippen MR) is 74.8 cm³/mol. The summed E-state index contributed by atoms with van der Waals surface area (Å²) in [6, 6.07) is 6.92. The Kier molecular flexibility index (Phi) is 3.86. The van der Waals surface area contributed by atoms with Gasteiger partial charge < -0.3 is 5.32 Å². The molecular weight excluding hydrogens is 255 g/mol. The molecule has 5 heteroatoms. The molecule has 0 saturated carbocycles. The van der Waals surface area contributed by atoms with Gasteiger partial charge in [0.15, 0.2) is 0 Å². The van der Waals surface area contributed by atoms with E-state index in [2.05, 4.69) is 31.1 Å². The summed E-state index contributed by atoms with van der Waals surface area (Å²) in [5, 5.41) is 12.2. The molecular formula is C15H17FN4. The standard InChI is InChI=1S/C15H17FN4/c1-15(2,3)19-10-11-4-5-13(12(16)8-11)20-7-6-18-14(20)9-17/h4-8,19H,10H2,1-3H3. The van der Waals surface area contributed by atoms with Gasteiger partial charge in [0.25, 0.3) is 0 Å². The van der Waals surface area contributed by atoms with Crippen LogP contribution in [0.15, 0.2) is 30.6 Å². The molecule has 0 unspecified atom stereocenters. The fourth-order valence-corrected chi connectivity index (χ4v) is 1.80. The molecule has 0 fully saturated rings. The van der Waals surface area contributed by atoms with Gasteiger partial charge in [-0.3, -0.25) is 4.57 Å². The van der Waals surface area contributed by atoms with Gasteiger partial charge in [0, 0.05) is 24.5 Å². The van der Waals surface area contributed by atoms with Crippen LogP contribution in [-0.4, -0.2) is 15.1 Å². The molecule has 0 radical (unpaired) electrons. The van der Waals surface area contributed by atoms with Crippen molar-refractivity contribution in [2.75, 3.05) is 0 Å². The van der Waals surface area contributed by atoms with Crippen molar-refractivity contribution >= 4 is 0 Å². The van der Waals surface area contributed by atoms with E-state index in [4.69, 9.17) is 5.26 Å². The van der Waals surface area contributed by atoms with E-state index in [-0.39, 0.29) is 17.2 Å². The van der Waals surface area contributed by atoms with Crippen LogP contribution in [0, 0.1) is 17.1 Å². The maximum atomic E-state index is 14.2. The number of rotatable bonds is 3. The second-order valence-electron chi connectivity index (χ2n) is 5.62. The largest absolute Gasteiger partial charge is 0.308 e. The lowest BCUT2D eigenvalue weighted by molar-refractivity contribution is 0.423. The Morgan fingerprint density at radius 3 is 2.75 bits per heavy atom. The molecule has 0 saturated heterocycles. The van der Waals surface area contributed by atoms with Crippen LogP contribution in [0.5, 0.6) is 0 Å². The summed E-state index contributed by atoms with van der Waals surface area (Å²) in [6.07, 6.45) is 3.05. The molecule has 0 aliphatic heterocycles. The van der Waals surface area contributed by atoms with Crippen molar-refractivity contribution in [2.45, 2.75) is 32.9 Å². The first-order valence-corrected chi connectivity index (χ1v) is 6.38. The molecule has 0 aliphatic rings. The van der Waals surface area contributed by atoms with E-state index in [9.17, 15) is 4.39 Å². The Hall–Kier alpha value is -2.19. The molecule has 0 atom stereocenters. The molecule has 0 aliphatic carbocycles. The van der Waals surface area contributed by atoms with Crippen molar-refractivity contribution in [1.29, 1.82) is 5.26 Å². The molecule has 2 rings (SSSR count). The number of imidazole rings is 1. The van der Waals surface area contributed by atoms with Gasteiger partial charge in [0.2, 0.25) is 5.82 Å². The zero-order valence-corrected chi connectivity index (χ0v) is 11.8. The monoisotopic (exact) mass is 272 g/mol. The van der Waals surface area contributed by atoms with E-state index < -0.39 is 0 Å². The molecule has 2 aromatic rings. The van der Waals surface area contributed by atoms with Crippen molar-refractivity contribution in [3.05, 3.63) is 47.8 Å². The normalized spacial score (nSPS) is 11.3. The molecule has 1 heterocycles. The van der Waals surface area contributed by atoms with Gasteiger partial charge in [0.1, 0.15) is 11.9 Å².